The number of ether oxygens (including phenoxy) is 6. The number of hydrogen-bond acceptors (Lipinski definition) is 30. The van der Waals surface area contributed by atoms with Crippen LogP contribution in [0.1, 0.15) is 241 Å². The molecule has 0 aliphatic carbocycles. The third-order valence-electron chi connectivity index (χ3n) is 24.2. The maximum absolute atomic E-state index is 14.5. The van der Waals surface area contributed by atoms with Gasteiger partial charge in [0.1, 0.15) is 70.7 Å². The number of aryl methyl sites for hydroxylation is 2. The van der Waals surface area contributed by atoms with Gasteiger partial charge in [-0.25, -0.2) is 0 Å². The van der Waals surface area contributed by atoms with Crippen molar-refractivity contribution >= 4 is 128 Å². The molecule has 3 aromatic carbocycles. The summed E-state index contributed by atoms with van der Waals surface area (Å²) in [5.41, 5.74) is 0.0611. The summed E-state index contributed by atoms with van der Waals surface area (Å²) < 4.78 is 39.2. The highest BCUT2D eigenvalue weighted by Crippen LogP contribution is 2.39. The van der Waals surface area contributed by atoms with Crippen molar-refractivity contribution < 1.29 is 131 Å². The molecule has 13 N–H and O–H groups in total. The minimum absolute atomic E-state index is 0.00406. The minimum atomic E-state index is -1.74. The Morgan fingerprint density at radius 1 is 0.477 bits per heavy atom. The lowest BCUT2D eigenvalue weighted by Gasteiger charge is -2.37. The number of carbonyl (C=O) groups excluding carboxylic acids is 13. The molecule has 0 unspecified atom stereocenters. The van der Waals surface area contributed by atoms with Crippen molar-refractivity contribution in [2.24, 2.45) is 5.92 Å². The van der Waals surface area contributed by atoms with E-state index in [2.05, 4.69) is 79.9 Å². The van der Waals surface area contributed by atoms with Crippen LogP contribution in [0.4, 0.5) is 0 Å². The third kappa shape index (κ3) is 46.1. The highest BCUT2D eigenvalue weighted by atomic mass is 127. The lowest BCUT2D eigenvalue weighted by molar-refractivity contribution is -0.163. The van der Waals surface area contributed by atoms with E-state index in [4.69, 9.17) is 28.4 Å². The molecule has 9 amide bonds. The second-order valence-electron chi connectivity index (χ2n) is 41.7. The van der Waals surface area contributed by atoms with E-state index in [-0.39, 0.29) is 176 Å². The number of likely N-dealkylation sites (tertiary alicyclic amines) is 1. The number of carboxylic acid groups (broad SMARTS) is 3. The van der Waals surface area contributed by atoms with Crippen LogP contribution in [0.15, 0.2) is 66.9 Å². The number of amides is 9. The molecule has 5 aromatic rings. The quantitative estimate of drug-likeness (QED) is 0.00839. The number of phenolic OH excluding ortho intramolecular Hbond substituents is 2. The maximum atomic E-state index is 14.5. The number of aromatic nitrogens is 4. The van der Waals surface area contributed by atoms with Crippen molar-refractivity contribution in [3.63, 3.8) is 0 Å². The smallest absolute Gasteiger partial charge is 0.323 e. The molecular formula is C104H156IN17O27. The van der Waals surface area contributed by atoms with Gasteiger partial charge in [0.05, 0.1) is 50.7 Å². The van der Waals surface area contributed by atoms with Crippen molar-refractivity contribution in [2.75, 3.05) is 138 Å². The molecule has 2 aliphatic heterocycles. The van der Waals surface area contributed by atoms with Gasteiger partial charge in [-0.1, -0.05) is 26.0 Å². The van der Waals surface area contributed by atoms with Crippen LogP contribution in [0.25, 0.3) is 28.0 Å². The van der Waals surface area contributed by atoms with E-state index in [1.54, 1.807) is 106 Å². The monoisotopic (exact) mass is 2200 g/mol. The van der Waals surface area contributed by atoms with Crippen LogP contribution in [0.2, 0.25) is 0 Å². The Kier molecular flexibility index (Phi) is 50.5. The average Bonchev–Trinajstić information content (AvgIpc) is 1.62. The number of esters is 4. The largest absolute Gasteiger partial charge is 0.508 e. The number of rotatable bonds is 56. The van der Waals surface area contributed by atoms with Crippen LogP contribution < -0.4 is 42.5 Å². The van der Waals surface area contributed by atoms with Crippen molar-refractivity contribution in [3.8, 4) is 28.6 Å². The number of piperidine rings is 1. The molecule has 2 aliphatic rings. The molecule has 826 valence electrons. The van der Waals surface area contributed by atoms with E-state index in [1.165, 1.54) is 6.07 Å². The fourth-order valence-electron chi connectivity index (χ4n) is 16.9. The summed E-state index contributed by atoms with van der Waals surface area (Å²) in [6.45, 7) is 29.1. The molecular weight excluding hydrogens is 2050 g/mol. The number of halogens is 1. The predicted octanol–water partition coefficient (Wildman–Crippen LogP) is 6.64. The summed E-state index contributed by atoms with van der Waals surface area (Å²) >= 11 is 2.21. The van der Waals surface area contributed by atoms with E-state index in [9.17, 15) is 102 Å². The highest BCUT2D eigenvalue weighted by Gasteiger charge is 2.38. The molecule has 2 aromatic heterocycles. The third-order valence-corrected chi connectivity index (χ3v) is 25.0. The molecule has 4 heterocycles. The van der Waals surface area contributed by atoms with Crippen LogP contribution >= 0.6 is 22.6 Å². The van der Waals surface area contributed by atoms with Crippen molar-refractivity contribution in [1.82, 2.24) is 86.4 Å². The number of aliphatic carboxylic acids is 3. The number of unbranched alkanes of at least 4 members (excludes halogenated alkanes) is 1. The Morgan fingerprint density at radius 2 is 0.987 bits per heavy atom. The van der Waals surface area contributed by atoms with Gasteiger partial charge >= 0.3 is 41.8 Å². The van der Waals surface area contributed by atoms with Crippen molar-refractivity contribution in [1.29, 1.82) is 0 Å². The minimum Gasteiger partial charge on any atom is -0.508 e. The second kappa shape index (κ2) is 60.7. The second-order valence-corrected chi connectivity index (χ2v) is 42.9. The van der Waals surface area contributed by atoms with Gasteiger partial charge in [-0.15, -0.1) is 10.2 Å². The number of aromatic hydroxyl groups is 2. The van der Waals surface area contributed by atoms with Crippen LogP contribution in [-0.4, -0.2) is 355 Å². The van der Waals surface area contributed by atoms with E-state index in [1.807, 2.05) is 88.2 Å². The number of hydrogen-bond donors (Lipinski definition) is 13. The Bertz CT molecular complexity index is 5260. The van der Waals surface area contributed by atoms with Crippen LogP contribution in [0.5, 0.6) is 11.5 Å². The Labute approximate surface area is 884 Å². The summed E-state index contributed by atoms with van der Waals surface area (Å²) in [6.07, 6.45) is 2.26. The zero-order valence-electron chi connectivity index (χ0n) is 88.8. The summed E-state index contributed by atoms with van der Waals surface area (Å²) in [4.78, 5) is 223. The first-order valence-electron chi connectivity index (χ1n) is 51.2. The molecule has 5 atom stereocenters. The van der Waals surface area contributed by atoms with Crippen LogP contribution in [0, 0.1) is 9.49 Å². The zero-order valence-corrected chi connectivity index (χ0v) is 91.0. The van der Waals surface area contributed by atoms with Gasteiger partial charge in [-0.2, -0.15) is 0 Å². The molecule has 7 rings (SSSR count). The zero-order chi connectivity index (χ0) is 110. The number of carboxylic acids is 3. The standard InChI is InChI=1S/C104H156IN17O27/c1-16-106-99(142)94-115-114-93(74-61-73(67(2)3)81(123)62-82(74)124)122(94)72-27-31-79-70(60-72)41-48-119(79)45-38-69-39-46-121(47-40-69)86(128)37-43-108-96(139)76(28-34-87(129)130)112-98(141)78(30-36-89(133)134)113-97(140)77(29-35-88(131)132)111-85(127)66-145-59-58-144-57-44-109-95(138)75(110-84(126)22-19-20-68-23-25-71(105)26-24-68)21-17-18-42-107-83(125)33-32-80(100(143)149-104(13,14)15)120-55-53-117(64-91(136)147-102(7,8)9)51-49-116(63-90(135)146-101(4,5)6)50-52-118(54-56-120)65-92(137)148-103(10,11)12/h23-27,31,41,48,60-62,67,69,75-78,80,123-124H,16-22,28-30,32-40,42-47,49-59,63-66H2,1-15H3,(H,106,142)(H,107,125)(H,108,139)(H,109,138)(H,110,126)(H,111,127)(H,112,141)(H,113,140)(H,129,130)(H,131,132)(H,133,134)/t75-,76+,77+,78+,80+/m0/s1. The molecule has 0 saturated carbocycles. The van der Waals surface area contributed by atoms with E-state index >= 15 is 0 Å². The number of benzene rings is 3. The first kappa shape index (κ1) is 124. The number of nitrogens with one attached hydrogen (secondary N) is 8. The topological polar surface area (TPSA) is 578 Å². The first-order valence-corrected chi connectivity index (χ1v) is 52.3. The fraction of sp³-hybridized carbons (Fsp3) is 0.635. The normalized spacial score (nSPS) is 15.1. The van der Waals surface area contributed by atoms with E-state index < -0.39 is 175 Å². The summed E-state index contributed by atoms with van der Waals surface area (Å²) in [5.74, 6) is -12.2. The van der Waals surface area contributed by atoms with Gasteiger partial charge in [-0.05, 0) is 255 Å². The number of carbonyl (C=O) groups is 16. The first-order chi connectivity index (χ1) is 70.2. The highest BCUT2D eigenvalue weighted by molar-refractivity contribution is 14.1. The lowest BCUT2D eigenvalue weighted by Crippen LogP contribution is -2.57. The molecule has 44 nitrogen and oxygen atoms in total. The van der Waals surface area contributed by atoms with Gasteiger partial charge in [0.2, 0.25) is 53.1 Å². The van der Waals surface area contributed by atoms with Gasteiger partial charge in [-0.3, -0.25) is 101 Å². The Morgan fingerprint density at radius 3 is 1.52 bits per heavy atom. The van der Waals surface area contributed by atoms with Gasteiger partial charge < -0.3 is 106 Å². The molecule has 0 bridgehead atoms. The molecule has 2 saturated heterocycles. The van der Waals surface area contributed by atoms with Crippen molar-refractivity contribution in [2.45, 2.75) is 285 Å². The molecule has 149 heavy (non-hydrogen) atoms. The predicted molar refractivity (Wildman–Crippen MR) is 558 cm³/mol. The average molecular weight is 2200 g/mol. The SMILES string of the molecule is CCNC(=O)c1nnc(-c2cc(C(C)C)c(O)cc2O)n1-c1ccc2c(ccn2CCC2CCN(C(=O)CCNC(=O)[C@@H](CCC(=O)O)NC(=O)[C@@H](CCC(=O)O)NC(=O)[C@@H](CCC(=O)O)NC(=O)COCCOCCNC(=O)[C@H](CCCCNC(=O)CC[C@H](C(=O)OC(C)(C)C)N3CCN(CC(=O)OC(C)(C)C)CCN(CC(=O)OC(C)(C)C)CCN(CC(=O)OC(C)(C)C)CC3)NC(=O)CCCc3ccc(I)cc3)CC2)c1. The summed E-state index contributed by atoms with van der Waals surface area (Å²) in [6, 6.07) is 11.4. The fourth-order valence-corrected chi connectivity index (χ4v) is 17.2. The number of nitrogens with zero attached hydrogens (tertiary/aromatic N) is 9. The number of fused-ring (bicyclic) bond motifs is 1. The summed E-state index contributed by atoms with van der Waals surface area (Å²) in [5, 5.41) is 81.1. The summed E-state index contributed by atoms with van der Waals surface area (Å²) in [7, 11) is 0. The molecule has 2 fully saturated rings. The van der Waals surface area contributed by atoms with Crippen LogP contribution in [-0.2, 0) is 113 Å². The van der Waals surface area contributed by atoms with Crippen LogP contribution in [0.3, 0.4) is 0 Å². The lowest BCUT2D eigenvalue weighted by atomic mass is 9.93. The maximum Gasteiger partial charge on any atom is 0.323 e. The molecule has 45 heteroatoms. The van der Waals surface area contributed by atoms with Crippen molar-refractivity contribution in [3.05, 3.63) is 87.4 Å². The molecule has 0 radical (unpaired) electrons. The van der Waals surface area contributed by atoms with E-state index in [0.717, 1.165) is 26.5 Å². The van der Waals surface area contributed by atoms with Gasteiger partial charge in [0.15, 0.2) is 5.82 Å². The van der Waals surface area contributed by atoms with E-state index in [0.29, 0.717) is 102 Å². The van der Waals surface area contributed by atoms with Gasteiger partial charge in [0, 0.05) is 163 Å². The molecule has 0 spiro atoms. The Balaban J connectivity index is 0.886. The Hall–Kier alpha value is -12.0. The van der Waals surface area contributed by atoms with Gasteiger partial charge in [0.25, 0.3) is 5.91 Å². The number of phenols is 2.